The van der Waals surface area contributed by atoms with E-state index in [0.29, 0.717) is 23.9 Å². The van der Waals surface area contributed by atoms with Crippen LogP contribution in [-0.4, -0.2) is 30.5 Å². The van der Waals surface area contributed by atoms with E-state index in [9.17, 15) is 10.1 Å². The Kier molecular flexibility index (Phi) is 5.57. The average molecular weight is 470 g/mol. The molecule has 0 saturated carbocycles. The van der Waals surface area contributed by atoms with Gasteiger partial charge in [0.25, 0.3) is 0 Å². The normalized spacial score (nSPS) is 19.1. The van der Waals surface area contributed by atoms with Gasteiger partial charge in [-0.25, -0.2) is 0 Å². The highest BCUT2D eigenvalue weighted by molar-refractivity contribution is 9.10. The van der Waals surface area contributed by atoms with Gasteiger partial charge in [-0.3, -0.25) is 9.69 Å². The molecule has 1 amide bonds. The molecule has 0 radical (unpaired) electrons. The van der Waals surface area contributed by atoms with E-state index in [4.69, 9.17) is 4.74 Å². The Morgan fingerprint density at radius 1 is 1.24 bits per heavy atom. The lowest BCUT2D eigenvalue weighted by molar-refractivity contribution is -0.129. The van der Waals surface area contributed by atoms with E-state index >= 15 is 0 Å². The third kappa shape index (κ3) is 3.75. The molecule has 2 aromatic carbocycles. The number of anilines is 1. The molecular weight excluding hydrogens is 450 g/mol. The molecule has 2 heterocycles. The Hall–Kier alpha value is -2.43. The first-order chi connectivity index (χ1) is 14.0. The summed E-state index contributed by atoms with van der Waals surface area (Å²) in [6, 6.07) is 16.4. The van der Waals surface area contributed by atoms with Gasteiger partial charge in [-0.1, -0.05) is 45.4 Å². The third-order valence-corrected chi connectivity index (χ3v) is 6.91. The number of halogens is 1. The van der Waals surface area contributed by atoms with Crippen molar-refractivity contribution in [2.45, 2.75) is 19.3 Å². The molecule has 0 unspecified atom stereocenters. The van der Waals surface area contributed by atoms with Gasteiger partial charge in [0.15, 0.2) is 0 Å². The number of nitriles is 1. The van der Waals surface area contributed by atoms with Crippen LogP contribution in [0.3, 0.4) is 0 Å². The highest BCUT2D eigenvalue weighted by Gasteiger charge is 2.39. The SMILES string of the molecule is COc1ccc(Br)cc1[C@@H]1CC(=O)N2CN(c3ccc(C)cc3)CSC2=C1C#N. The summed E-state index contributed by atoms with van der Waals surface area (Å²) < 4.78 is 6.41. The zero-order chi connectivity index (χ0) is 20.5. The summed E-state index contributed by atoms with van der Waals surface area (Å²) >= 11 is 5.04. The minimum atomic E-state index is -0.301. The number of amides is 1. The van der Waals surface area contributed by atoms with Crippen LogP contribution < -0.4 is 9.64 Å². The summed E-state index contributed by atoms with van der Waals surface area (Å²) in [5, 5.41) is 10.7. The zero-order valence-corrected chi connectivity index (χ0v) is 18.6. The molecule has 0 bridgehead atoms. The van der Waals surface area contributed by atoms with Crippen LogP contribution >= 0.6 is 27.7 Å². The summed E-state index contributed by atoms with van der Waals surface area (Å²) in [7, 11) is 1.61. The zero-order valence-electron chi connectivity index (χ0n) is 16.2. The number of methoxy groups -OCH3 is 1. The number of nitrogens with zero attached hydrogens (tertiary/aromatic N) is 3. The Morgan fingerprint density at radius 3 is 2.69 bits per heavy atom. The molecule has 4 rings (SSSR count). The molecule has 0 aliphatic carbocycles. The fourth-order valence-electron chi connectivity index (χ4n) is 3.72. The molecule has 1 saturated heterocycles. The number of hydrogen-bond acceptors (Lipinski definition) is 5. The van der Waals surface area contributed by atoms with Gasteiger partial charge in [0, 0.05) is 28.1 Å². The van der Waals surface area contributed by atoms with E-state index in [-0.39, 0.29) is 18.2 Å². The van der Waals surface area contributed by atoms with Crippen LogP contribution in [0.1, 0.15) is 23.5 Å². The molecular formula is C22H20BrN3O2S. The minimum Gasteiger partial charge on any atom is -0.496 e. The lowest BCUT2D eigenvalue weighted by Gasteiger charge is -2.42. The maximum atomic E-state index is 13.1. The Bertz CT molecular complexity index is 1030. The summed E-state index contributed by atoms with van der Waals surface area (Å²) in [4.78, 5) is 17.0. The van der Waals surface area contributed by atoms with Crippen LogP contribution in [0.2, 0.25) is 0 Å². The quantitative estimate of drug-likeness (QED) is 0.633. The molecule has 0 spiro atoms. The lowest BCUT2D eigenvalue weighted by Crippen LogP contribution is -2.47. The highest BCUT2D eigenvalue weighted by atomic mass is 79.9. The number of benzene rings is 2. The van der Waals surface area contributed by atoms with Crippen molar-refractivity contribution < 1.29 is 9.53 Å². The standard InChI is InChI=1S/C22H20BrN3O2S/c1-14-3-6-16(7-4-14)25-12-26-21(27)10-17(19(11-24)22(26)29-13-25)18-9-15(23)5-8-20(18)28-2/h3-9,17H,10,12-13H2,1-2H3/t17-/m0/s1. The van der Waals surface area contributed by atoms with Gasteiger partial charge in [-0.2, -0.15) is 5.26 Å². The first kappa shape index (κ1) is 19.9. The van der Waals surface area contributed by atoms with Crippen LogP contribution in [0.5, 0.6) is 5.75 Å². The number of aryl methyl sites for hydroxylation is 1. The molecule has 2 aliphatic heterocycles. The summed E-state index contributed by atoms with van der Waals surface area (Å²) in [6.07, 6.45) is 0.251. The van der Waals surface area contributed by atoms with Crippen molar-refractivity contribution >= 4 is 39.3 Å². The fraction of sp³-hybridized carbons (Fsp3) is 0.273. The van der Waals surface area contributed by atoms with E-state index < -0.39 is 0 Å². The summed E-state index contributed by atoms with van der Waals surface area (Å²) in [5.41, 5.74) is 3.77. The van der Waals surface area contributed by atoms with Gasteiger partial charge in [0.1, 0.15) is 5.75 Å². The summed E-state index contributed by atoms with van der Waals surface area (Å²) in [6.45, 7) is 2.51. The molecule has 2 aliphatic rings. The fourth-order valence-corrected chi connectivity index (χ4v) is 5.27. The van der Waals surface area contributed by atoms with Gasteiger partial charge < -0.3 is 9.64 Å². The maximum Gasteiger partial charge on any atom is 0.229 e. The van der Waals surface area contributed by atoms with Crippen LogP contribution in [0.4, 0.5) is 5.69 Å². The monoisotopic (exact) mass is 469 g/mol. The van der Waals surface area contributed by atoms with Crippen molar-refractivity contribution in [1.29, 1.82) is 5.26 Å². The molecule has 5 nitrogen and oxygen atoms in total. The van der Waals surface area contributed by atoms with Crippen LogP contribution in [0.15, 0.2) is 57.5 Å². The van der Waals surface area contributed by atoms with E-state index in [2.05, 4.69) is 58.1 Å². The second-order valence-electron chi connectivity index (χ2n) is 7.09. The van der Waals surface area contributed by atoms with Gasteiger partial charge in [-0.05, 0) is 37.3 Å². The largest absolute Gasteiger partial charge is 0.496 e. The second-order valence-corrected chi connectivity index (χ2v) is 8.93. The number of fused-ring (bicyclic) bond motifs is 1. The smallest absolute Gasteiger partial charge is 0.229 e. The number of rotatable bonds is 3. The van der Waals surface area contributed by atoms with Crippen molar-refractivity contribution in [3.63, 3.8) is 0 Å². The predicted octanol–water partition coefficient (Wildman–Crippen LogP) is 4.99. The van der Waals surface area contributed by atoms with Crippen molar-refractivity contribution in [1.82, 2.24) is 4.90 Å². The second kappa shape index (κ2) is 8.13. The number of hydrogen-bond donors (Lipinski definition) is 0. The number of allylic oxidation sites excluding steroid dienone is 1. The Balaban J connectivity index is 1.70. The van der Waals surface area contributed by atoms with E-state index in [1.54, 1.807) is 23.8 Å². The van der Waals surface area contributed by atoms with Gasteiger partial charge in [-0.15, -0.1) is 0 Å². The molecule has 7 heteroatoms. The minimum absolute atomic E-state index is 0.0235. The number of ether oxygens (including phenoxy) is 1. The number of thioether (sulfide) groups is 1. The topological polar surface area (TPSA) is 56.6 Å². The molecule has 148 valence electrons. The number of carbonyl (C=O) groups is 1. The van der Waals surface area contributed by atoms with Crippen LogP contribution in [0, 0.1) is 18.3 Å². The summed E-state index contributed by atoms with van der Waals surface area (Å²) in [5.74, 6) is 1.10. The van der Waals surface area contributed by atoms with Crippen molar-refractivity contribution in [3.8, 4) is 11.8 Å². The van der Waals surface area contributed by atoms with Gasteiger partial charge in [0.05, 0.1) is 36.3 Å². The van der Waals surface area contributed by atoms with E-state index in [1.807, 2.05) is 18.2 Å². The maximum absolute atomic E-state index is 13.1. The molecule has 29 heavy (non-hydrogen) atoms. The Labute approximate surface area is 183 Å². The molecule has 0 aromatic heterocycles. The highest BCUT2D eigenvalue weighted by Crippen LogP contribution is 2.45. The first-order valence-electron chi connectivity index (χ1n) is 9.24. The van der Waals surface area contributed by atoms with E-state index in [0.717, 1.165) is 20.8 Å². The molecule has 0 N–H and O–H groups in total. The first-order valence-corrected chi connectivity index (χ1v) is 11.0. The van der Waals surface area contributed by atoms with Crippen LogP contribution in [0.25, 0.3) is 0 Å². The van der Waals surface area contributed by atoms with Gasteiger partial charge >= 0.3 is 0 Å². The molecule has 1 fully saturated rings. The Morgan fingerprint density at radius 2 is 2.00 bits per heavy atom. The molecule has 2 aromatic rings. The predicted molar refractivity (Wildman–Crippen MR) is 119 cm³/mol. The number of carbonyl (C=O) groups excluding carboxylic acids is 1. The molecule has 1 atom stereocenters. The van der Waals surface area contributed by atoms with Crippen molar-refractivity contribution in [2.75, 3.05) is 24.6 Å². The van der Waals surface area contributed by atoms with E-state index in [1.165, 1.54) is 5.56 Å². The van der Waals surface area contributed by atoms with Crippen molar-refractivity contribution in [3.05, 3.63) is 68.7 Å². The van der Waals surface area contributed by atoms with Crippen LogP contribution in [-0.2, 0) is 4.79 Å². The lowest BCUT2D eigenvalue weighted by atomic mass is 9.86. The van der Waals surface area contributed by atoms with Gasteiger partial charge in [0.2, 0.25) is 5.91 Å². The third-order valence-electron chi connectivity index (χ3n) is 5.26. The van der Waals surface area contributed by atoms with Crippen molar-refractivity contribution in [2.24, 2.45) is 0 Å². The average Bonchev–Trinajstić information content (AvgIpc) is 2.74.